The van der Waals surface area contributed by atoms with E-state index in [0.29, 0.717) is 16.9 Å². The quantitative estimate of drug-likeness (QED) is 0.233. The van der Waals surface area contributed by atoms with Gasteiger partial charge in [-0.1, -0.05) is 36.4 Å². The van der Waals surface area contributed by atoms with Gasteiger partial charge in [-0.15, -0.1) is 0 Å². The minimum absolute atomic E-state index is 0.0905. The zero-order valence-electron chi connectivity index (χ0n) is 18.0. The molecule has 0 saturated carbocycles. The van der Waals surface area contributed by atoms with Gasteiger partial charge < -0.3 is 24.1 Å². The number of carbonyl (C=O) groups excluding carboxylic acids is 2. The van der Waals surface area contributed by atoms with E-state index < -0.39 is 24.0 Å². The molecule has 1 unspecified atom stereocenters. The van der Waals surface area contributed by atoms with E-state index in [2.05, 4.69) is 0 Å². The van der Waals surface area contributed by atoms with Crippen LogP contribution in [0.2, 0.25) is 0 Å². The Bertz CT molecular complexity index is 1070. The van der Waals surface area contributed by atoms with E-state index in [1.54, 1.807) is 54.6 Å². The molecule has 32 heavy (non-hydrogen) atoms. The zero-order valence-corrected chi connectivity index (χ0v) is 18.0. The van der Waals surface area contributed by atoms with E-state index in [1.165, 1.54) is 39.5 Å². The lowest BCUT2D eigenvalue weighted by atomic mass is 9.88. The number of ketones is 1. The Labute approximate surface area is 186 Å². The molecule has 0 aromatic heterocycles. The number of carbonyl (C=O) groups is 2. The fraction of sp³-hybridized carbons (Fsp3) is 0.200. The van der Waals surface area contributed by atoms with E-state index in [9.17, 15) is 14.7 Å². The molecule has 0 bridgehead atoms. The fourth-order valence-corrected chi connectivity index (χ4v) is 3.35. The van der Waals surface area contributed by atoms with Gasteiger partial charge in [-0.05, 0) is 30.3 Å². The Morgan fingerprint density at radius 1 is 0.844 bits per heavy atom. The second-order valence-electron chi connectivity index (χ2n) is 6.86. The molecule has 3 aromatic carbocycles. The summed E-state index contributed by atoms with van der Waals surface area (Å²) in [5.41, 5.74) is 0.782. The van der Waals surface area contributed by atoms with Crippen molar-refractivity contribution < 1.29 is 33.6 Å². The molecule has 0 amide bonds. The Morgan fingerprint density at radius 3 is 2.12 bits per heavy atom. The molecule has 0 aliphatic heterocycles. The molecule has 0 aliphatic carbocycles. The summed E-state index contributed by atoms with van der Waals surface area (Å²) in [7, 11) is 4.28. The van der Waals surface area contributed by atoms with Crippen molar-refractivity contribution in [1.82, 2.24) is 0 Å². The first-order valence-corrected chi connectivity index (χ1v) is 9.83. The monoisotopic (exact) mass is 436 g/mol. The number of esters is 1. The maximum atomic E-state index is 13.5. The number of rotatable bonds is 9. The Balaban J connectivity index is 2.10. The molecule has 3 aromatic rings. The highest BCUT2D eigenvalue weighted by Crippen LogP contribution is 2.37. The number of methoxy groups -OCH3 is 3. The fourth-order valence-electron chi connectivity index (χ4n) is 3.35. The standard InChI is InChI=1S/C25H24O7/c1-29-17-13-14-19(21(15-17)32-24(28)16-9-5-4-6-10-16)22(25(30-2)31-3)23(27)18-11-7-8-12-20(18)26/h4-15,22,25-26H,1-3H3. The van der Waals surface area contributed by atoms with Crippen LogP contribution in [0.5, 0.6) is 17.2 Å². The minimum atomic E-state index is -1.04. The smallest absolute Gasteiger partial charge is 0.343 e. The lowest BCUT2D eigenvalue weighted by Crippen LogP contribution is -2.30. The molecule has 0 aliphatic rings. The number of hydrogen-bond acceptors (Lipinski definition) is 7. The van der Waals surface area contributed by atoms with Gasteiger partial charge in [0.05, 0.1) is 18.2 Å². The maximum absolute atomic E-state index is 13.5. The van der Waals surface area contributed by atoms with Gasteiger partial charge in [0.25, 0.3) is 0 Å². The Morgan fingerprint density at radius 2 is 1.50 bits per heavy atom. The van der Waals surface area contributed by atoms with Crippen LogP contribution in [0.25, 0.3) is 0 Å². The molecular weight excluding hydrogens is 412 g/mol. The first-order chi connectivity index (χ1) is 15.5. The number of phenols is 1. The predicted molar refractivity (Wildman–Crippen MR) is 117 cm³/mol. The molecular formula is C25H24O7. The molecule has 0 spiro atoms. The van der Waals surface area contributed by atoms with E-state index in [1.807, 2.05) is 0 Å². The van der Waals surface area contributed by atoms with E-state index in [-0.39, 0.29) is 17.1 Å². The van der Waals surface area contributed by atoms with Crippen LogP contribution in [0.15, 0.2) is 72.8 Å². The van der Waals surface area contributed by atoms with Crippen LogP contribution >= 0.6 is 0 Å². The second-order valence-corrected chi connectivity index (χ2v) is 6.86. The van der Waals surface area contributed by atoms with Gasteiger partial charge in [0.1, 0.15) is 23.2 Å². The minimum Gasteiger partial charge on any atom is -0.507 e. The molecule has 1 atom stereocenters. The lowest BCUT2D eigenvalue weighted by Gasteiger charge is -2.26. The van der Waals surface area contributed by atoms with Crippen molar-refractivity contribution in [1.29, 1.82) is 0 Å². The first-order valence-electron chi connectivity index (χ1n) is 9.83. The summed E-state index contributed by atoms with van der Waals surface area (Å²) in [4.78, 5) is 26.2. The molecule has 1 N–H and O–H groups in total. The SMILES string of the molecule is COc1ccc(C(C(=O)c2ccccc2O)C(OC)OC)c(OC(=O)c2ccccc2)c1. The van der Waals surface area contributed by atoms with Gasteiger partial charge in [-0.25, -0.2) is 4.79 Å². The third-order valence-corrected chi connectivity index (χ3v) is 4.96. The molecule has 0 radical (unpaired) electrons. The van der Waals surface area contributed by atoms with E-state index >= 15 is 0 Å². The van der Waals surface area contributed by atoms with Gasteiger partial charge in [0, 0.05) is 25.8 Å². The lowest BCUT2D eigenvalue weighted by molar-refractivity contribution is -0.110. The summed E-state index contributed by atoms with van der Waals surface area (Å²) in [6.07, 6.45) is -1.01. The molecule has 0 heterocycles. The number of ether oxygens (including phenoxy) is 4. The summed E-state index contributed by atoms with van der Waals surface area (Å²) >= 11 is 0. The van der Waals surface area contributed by atoms with Crippen molar-refractivity contribution in [3.8, 4) is 17.2 Å². The van der Waals surface area contributed by atoms with Crippen LogP contribution in [-0.2, 0) is 9.47 Å². The first kappa shape index (κ1) is 23.0. The third-order valence-electron chi connectivity index (χ3n) is 4.96. The second kappa shape index (κ2) is 10.6. The average molecular weight is 436 g/mol. The van der Waals surface area contributed by atoms with Crippen LogP contribution in [0.3, 0.4) is 0 Å². The number of aromatic hydroxyl groups is 1. The topological polar surface area (TPSA) is 91.3 Å². The Hall–Kier alpha value is -3.68. The maximum Gasteiger partial charge on any atom is 0.343 e. The highest BCUT2D eigenvalue weighted by atomic mass is 16.7. The third kappa shape index (κ3) is 4.96. The van der Waals surface area contributed by atoms with Crippen molar-refractivity contribution in [2.45, 2.75) is 12.2 Å². The summed E-state index contributed by atoms with van der Waals surface area (Å²) in [6, 6.07) is 19.4. The van der Waals surface area contributed by atoms with Gasteiger partial charge in [0.15, 0.2) is 12.1 Å². The van der Waals surface area contributed by atoms with Gasteiger partial charge in [-0.2, -0.15) is 0 Å². The number of phenolic OH excluding ortho intramolecular Hbond substituents is 1. The largest absolute Gasteiger partial charge is 0.507 e. The number of para-hydroxylation sites is 1. The molecule has 7 heteroatoms. The van der Waals surface area contributed by atoms with Crippen LogP contribution in [-0.4, -0.2) is 44.5 Å². The summed E-state index contributed by atoms with van der Waals surface area (Å²) in [5.74, 6) is -1.72. The molecule has 0 saturated heterocycles. The van der Waals surface area contributed by atoms with Crippen LogP contribution in [0.1, 0.15) is 32.2 Å². The summed E-state index contributed by atoms with van der Waals surface area (Å²) < 4.78 is 21.7. The molecule has 166 valence electrons. The predicted octanol–water partition coefficient (Wildman–Crippen LogP) is 4.21. The number of benzene rings is 3. The van der Waals surface area contributed by atoms with Crippen molar-refractivity contribution in [2.24, 2.45) is 0 Å². The van der Waals surface area contributed by atoms with Gasteiger partial charge in [-0.3, -0.25) is 4.79 Å². The highest BCUT2D eigenvalue weighted by molar-refractivity contribution is 6.04. The average Bonchev–Trinajstić information content (AvgIpc) is 2.83. The number of Topliss-reactive ketones (excluding diaryl/α,β-unsaturated/α-hetero) is 1. The summed E-state index contributed by atoms with van der Waals surface area (Å²) in [5, 5.41) is 10.2. The van der Waals surface area contributed by atoms with E-state index in [0.717, 1.165) is 0 Å². The Kier molecular flexibility index (Phi) is 7.59. The van der Waals surface area contributed by atoms with Crippen LogP contribution in [0.4, 0.5) is 0 Å². The normalized spacial score (nSPS) is 11.8. The van der Waals surface area contributed by atoms with Gasteiger partial charge >= 0.3 is 5.97 Å². The molecule has 0 fully saturated rings. The van der Waals surface area contributed by atoms with Crippen molar-refractivity contribution in [3.05, 3.63) is 89.5 Å². The summed E-state index contributed by atoms with van der Waals surface area (Å²) in [6.45, 7) is 0. The van der Waals surface area contributed by atoms with E-state index in [4.69, 9.17) is 18.9 Å². The van der Waals surface area contributed by atoms with Crippen LogP contribution in [0, 0.1) is 0 Å². The van der Waals surface area contributed by atoms with Crippen molar-refractivity contribution in [3.63, 3.8) is 0 Å². The number of hydrogen-bond donors (Lipinski definition) is 1. The molecule has 7 nitrogen and oxygen atoms in total. The van der Waals surface area contributed by atoms with Crippen molar-refractivity contribution >= 4 is 11.8 Å². The zero-order chi connectivity index (χ0) is 23.1. The van der Waals surface area contributed by atoms with Crippen LogP contribution < -0.4 is 9.47 Å². The van der Waals surface area contributed by atoms with Crippen molar-refractivity contribution in [2.75, 3.05) is 21.3 Å². The highest BCUT2D eigenvalue weighted by Gasteiger charge is 2.35. The molecule has 3 rings (SSSR count). The van der Waals surface area contributed by atoms with Gasteiger partial charge in [0.2, 0.25) is 0 Å².